The number of carbonyl (C=O) groups is 1. The van der Waals surface area contributed by atoms with Gasteiger partial charge in [0.1, 0.15) is 0 Å². The number of alkyl halides is 3. The summed E-state index contributed by atoms with van der Waals surface area (Å²) in [5.41, 5.74) is -1.83. The number of halogens is 3. The van der Waals surface area contributed by atoms with Crippen LogP contribution in [0.5, 0.6) is 0 Å². The number of nitro benzene ring substituents is 1. The maximum absolute atomic E-state index is 12.8. The first-order chi connectivity index (χ1) is 13.9. The minimum atomic E-state index is -4.70. The molecule has 1 aliphatic heterocycles. The van der Waals surface area contributed by atoms with Gasteiger partial charge in [-0.3, -0.25) is 14.9 Å². The summed E-state index contributed by atoms with van der Waals surface area (Å²) in [6, 6.07) is 1.94. The van der Waals surface area contributed by atoms with Crippen molar-refractivity contribution in [3.63, 3.8) is 0 Å². The Bertz CT molecular complexity index is 885. The van der Waals surface area contributed by atoms with Gasteiger partial charge in [-0.1, -0.05) is 6.92 Å². The molecule has 1 N–H and O–H groups in total. The Morgan fingerprint density at radius 1 is 1.33 bits per heavy atom. The zero-order chi connectivity index (χ0) is 22.5. The van der Waals surface area contributed by atoms with Gasteiger partial charge in [-0.15, -0.1) is 11.8 Å². The summed E-state index contributed by atoms with van der Waals surface area (Å²) >= 11 is 0.802. The molecule has 0 radical (unpaired) electrons. The minimum Gasteiger partial charge on any atom is -0.342 e. The number of amides is 1. The fourth-order valence-corrected chi connectivity index (χ4v) is 5.32. The van der Waals surface area contributed by atoms with Crippen molar-refractivity contribution in [2.45, 2.75) is 43.3 Å². The molecule has 0 unspecified atom stereocenters. The summed E-state index contributed by atoms with van der Waals surface area (Å²) in [5.74, 6) is -0.448. The van der Waals surface area contributed by atoms with Gasteiger partial charge in [-0.25, -0.2) is 13.1 Å². The maximum Gasteiger partial charge on any atom is 0.416 e. The van der Waals surface area contributed by atoms with Crippen molar-refractivity contribution in [3.05, 3.63) is 33.9 Å². The van der Waals surface area contributed by atoms with Gasteiger partial charge in [0.2, 0.25) is 15.9 Å². The van der Waals surface area contributed by atoms with Crippen molar-refractivity contribution in [2.75, 3.05) is 24.6 Å². The van der Waals surface area contributed by atoms with Gasteiger partial charge in [-0.05, 0) is 31.4 Å². The highest BCUT2D eigenvalue weighted by Crippen LogP contribution is 2.36. The number of benzene rings is 1. The summed E-state index contributed by atoms with van der Waals surface area (Å²) in [7, 11) is -3.34. The lowest BCUT2D eigenvalue weighted by atomic mass is 10.1. The van der Waals surface area contributed by atoms with Gasteiger partial charge < -0.3 is 4.90 Å². The molecular formula is C17H22F3N3O5S2. The van der Waals surface area contributed by atoms with Crippen LogP contribution in [-0.2, 0) is 21.0 Å². The molecule has 1 aliphatic rings. The zero-order valence-corrected chi connectivity index (χ0v) is 17.8. The molecule has 1 saturated heterocycles. The van der Waals surface area contributed by atoms with E-state index in [2.05, 4.69) is 4.72 Å². The Hall–Kier alpha value is -1.86. The number of hydrogen-bond acceptors (Lipinski definition) is 6. The highest BCUT2D eigenvalue weighted by Gasteiger charge is 2.33. The quantitative estimate of drug-likeness (QED) is 0.356. The van der Waals surface area contributed by atoms with Crippen LogP contribution in [0, 0.1) is 10.1 Å². The number of nitro groups is 1. The Kier molecular flexibility index (Phi) is 8.11. The molecule has 1 fully saturated rings. The van der Waals surface area contributed by atoms with Crippen molar-refractivity contribution in [3.8, 4) is 0 Å². The van der Waals surface area contributed by atoms with Crippen molar-refractivity contribution < 1.29 is 31.3 Å². The molecule has 0 bridgehead atoms. The normalized spacial score (nSPS) is 15.9. The second-order valence-electron chi connectivity index (χ2n) is 6.82. The number of thioether (sulfide) groups is 1. The topological polar surface area (TPSA) is 110 Å². The Balaban J connectivity index is 1.93. The van der Waals surface area contributed by atoms with E-state index in [1.54, 1.807) is 6.92 Å². The van der Waals surface area contributed by atoms with E-state index in [1.807, 2.05) is 0 Å². The van der Waals surface area contributed by atoms with Crippen LogP contribution in [0.1, 0.15) is 31.7 Å². The average molecular weight is 470 g/mol. The van der Waals surface area contributed by atoms with Crippen molar-refractivity contribution in [2.24, 2.45) is 0 Å². The molecule has 8 nitrogen and oxygen atoms in total. The van der Waals surface area contributed by atoms with Crippen LogP contribution in [0.4, 0.5) is 18.9 Å². The lowest BCUT2D eigenvalue weighted by molar-refractivity contribution is -0.388. The second kappa shape index (κ2) is 9.96. The van der Waals surface area contributed by atoms with Gasteiger partial charge in [0.05, 0.1) is 26.9 Å². The van der Waals surface area contributed by atoms with Crippen LogP contribution < -0.4 is 4.72 Å². The fourth-order valence-electron chi connectivity index (χ4n) is 3.02. The number of nitrogens with zero attached hydrogens (tertiary/aromatic N) is 2. The third-order valence-electron chi connectivity index (χ3n) is 4.50. The van der Waals surface area contributed by atoms with Crippen molar-refractivity contribution in [1.29, 1.82) is 0 Å². The number of piperidine rings is 1. The third-order valence-corrected chi connectivity index (χ3v) is 7.19. The zero-order valence-electron chi connectivity index (χ0n) is 16.1. The second-order valence-corrected chi connectivity index (χ2v) is 9.71. The van der Waals surface area contributed by atoms with E-state index in [0.717, 1.165) is 23.9 Å². The van der Waals surface area contributed by atoms with Crippen molar-refractivity contribution in [1.82, 2.24) is 9.62 Å². The molecule has 1 heterocycles. The summed E-state index contributed by atoms with van der Waals surface area (Å²) in [5, 5.41) is 11.1. The SMILES string of the molecule is CCCS(=O)(=O)NC1CCN(C(=O)CSc2ccc(C(F)(F)F)cc2[N+](=O)[O-])CC1. The Labute approximate surface area is 176 Å². The maximum atomic E-state index is 12.8. The molecule has 0 saturated carbocycles. The van der Waals surface area contributed by atoms with E-state index in [0.29, 0.717) is 38.4 Å². The molecule has 0 atom stereocenters. The number of hydrogen-bond donors (Lipinski definition) is 1. The summed E-state index contributed by atoms with van der Waals surface area (Å²) in [4.78, 5) is 24.1. The van der Waals surface area contributed by atoms with Gasteiger partial charge in [0, 0.05) is 25.2 Å². The van der Waals surface area contributed by atoms with Crippen LogP contribution in [0.2, 0.25) is 0 Å². The molecule has 0 spiro atoms. The van der Waals surface area contributed by atoms with E-state index >= 15 is 0 Å². The monoisotopic (exact) mass is 469 g/mol. The lowest BCUT2D eigenvalue weighted by Crippen LogP contribution is -2.47. The fraction of sp³-hybridized carbons (Fsp3) is 0.588. The van der Waals surface area contributed by atoms with Gasteiger partial charge in [0.25, 0.3) is 5.69 Å². The summed E-state index contributed by atoms with van der Waals surface area (Å²) in [6.07, 6.45) is -3.31. The van der Waals surface area contributed by atoms with E-state index < -0.39 is 32.4 Å². The molecule has 1 aromatic carbocycles. The number of carbonyl (C=O) groups excluding carboxylic acids is 1. The van der Waals surface area contributed by atoms with Crippen LogP contribution >= 0.6 is 11.8 Å². The number of rotatable bonds is 8. The predicted octanol–water partition coefficient (Wildman–Crippen LogP) is 3.03. The van der Waals surface area contributed by atoms with E-state index in [9.17, 15) is 36.5 Å². The molecule has 2 rings (SSSR count). The summed E-state index contributed by atoms with van der Waals surface area (Å²) < 4.78 is 64.6. The first-order valence-corrected chi connectivity index (χ1v) is 11.8. The standard InChI is InChI=1S/C17H22F3N3O5S2/c1-2-9-30(27,28)21-13-5-7-22(8-6-13)16(24)11-29-15-4-3-12(17(18,19)20)10-14(15)23(25)26/h3-4,10,13,21H,2,5-9,11H2,1H3. The van der Waals surface area contributed by atoms with Crippen LogP contribution in [0.15, 0.2) is 23.1 Å². The van der Waals surface area contributed by atoms with E-state index in [1.165, 1.54) is 4.90 Å². The van der Waals surface area contributed by atoms with Crippen LogP contribution in [0.25, 0.3) is 0 Å². The first-order valence-electron chi connectivity index (χ1n) is 9.19. The molecule has 1 amide bonds. The average Bonchev–Trinajstić information content (AvgIpc) is 2.65. The van der Waals surface area contributed by atoms with Crippen LogP contribution in [0.3, 0.4) is 0 Å². The number of likely N-dealkylation sites (tertiary alicyclic amines) is 1. The van der Waals surface area contributed by atoms with Crippen LogP contribution in [-0.4, -0.2) is 54.8 Å². The van der Waals surface area contributed by atoms with Gasteiger partial charge in [-0.2, -0.15) is 13.2 Å². The number of nitrogens with one attached hydrogen (secondary N) is 1. The Morgan fingerprint density at radius 2 is 1.97 bits per heavy atom. The lowest BCUT2D eigenvalue weighted by Gasteiger charge is -2.32. The summed E-state index contributed by atoms with van der Waals surface area (Å²) in [6.45, 7) is 2.42. The molecule has 30 heavy (non-hydrogen) atoms. The van der Waals surface area contributed by atoms with Crippen molar-refractivity contribution >= 4 is 33.4 Å². The first kappa shape index (κ1) is 24.4. The third kappa shape index (κ3) is 6.84. The Morgan fingerprint density at radius 3 is 2.50 bits per heavy atom. The predicted molar refractivity (Wildman–Crippen MR) is 106 cm³/mol. The highest BCUT2D eigenvalue weighted by molar-refractivity contribution is 8.00. The number of sulfonamides is 1. The van der Waals surface area contributed by atoms with E-state index in [4.69, 9.17) is 0 Å². The molecular weight excluding hydrogens is 447 g/mol. The van der Waals surface area contributed by atoms with Gasteiger partial charge in [0.15, 0.2) is 0 Å². The molecule has 13 heteroatoms. The smallest absolute Gasteiger partial charge is 0.342 e. The van der Waals surface area contributed by atoms with E-state index in [-0.39, 0.29) is 28.4 Å². The largest absolute Gasteiger partial charge is 0.416 e. The molecule has 168 valence electrons. The molecule has 1 aromatic rings. The molecule has 0 aromatic heterocycles. The van der Waals surface area contributed by atoms with Gasteiger partial charge >= 0.3 is 6.18 Å². The minimum absolute atomic E-state index is 0.0245. The molecule has 0 aliphatic carbocycles. The highest BCUT2D eigenvalue weighted by atomic mass is 32.2.